The third-order valence-electron chi connectivity index (χ3n) is 1.98. The van der Waals surface area contributed by atoms with E-state index in [9.17, 15) is 9.18 Å². The standard InChI is InChI=1S/C11H10FNO2S/c1-2-15-10(14)5-8-7(6-13)3-4-9(12)11(8)16/h3-4,16H,2,5H2,1H3. The quantitative estimate of drug-likeness (QED) is 0.649. The lowest BCUT2D eigenvalue weighted by molar-refractivity contribution is -0.142. The number of rotatable bonds is 3. The van der Waals surface area contributed by atoms with Gasteiger partial charge in [0.2, 0.25) is 0 Å². The van der Waals surface area contributed by atoms with Crippen LogP contribution in [0.4, 0.5) is 4.39 Å². The summed E-state index contributed by atoms with van der Waals surface area (Å²) in [5.41, 5.74) is 0.503. The Bertz CT molecular complexity index is 454. The highest BCUT2D eigenvalue weighted by molar-refractivity contribution is 7.80. The largest absolute Gasteiger partial charge is 0.466 e. The van der Waals surface area contributed by atoms with Crippen LogP contribution in [-0.4, -0.2) is 12.6 Å². The van der Waals surface area contributed by atoms with Crippen molar-refractivity contribution < 1.29 is 13.9 Å². The van der Waals surface area contributed by atoms with Crippen molar-refractivity contribution in [3.8, 4) is 6.07 Å². The van der Waals surface area contributed by atoms with E-state index in [2.05, 4.69) is 12.6 Å². The molecule has 0 heterocycles. The smallest absolute Gasteiger partial charge is 0.310 e. The highest BCUT2D eigenvalue weighted by Crippen LogP contribution is 2.22. The Morgan fingerprint density at radius 3 is 2.88 bits per heavy atom. The van der Waals surface area contributed by atoms with Gasteiger partial charge in [0.05, 0.1) is 24.7 Å². The lowest BCUT2D eigenvalue weighted by atomic mass is 10.1. The van der Waals surface area contributed by atoms with E-state index in [1.165, 1.54) is 6.07 Å². The Balaban J connectivity index is 3.07. The summed E-state index contributed by atoms with van der Waals surface area (Å²) in [5.74, 6) is -1.05. The van der Waals surface area contributed by atoms with E-state index in [1.807, 2.05) is 6.07 Å². The minimum atomic E-state index is -0.554. The Kier molecular flexibility index (Phi) is 4.32. The third-order valence-corrected chi connectivity index (χ3v) is 2.46. The van der Waals surface area contributed by atoms with Gasteiger partial charge in [0.15, 0.2) is 0 Å². The van der Waals surface area contributed by atoms with Gasteiger partial charge in [0.1, 0.15) is 5.82 Å². The summed E-state index contributed by atoms with van der Waals surface area (Å²) in [6, 6.07) is 4.36. The van der Waals surface area contributed by atoms with Crippen molar-refractivity contribution in [2.24, 2.45) is 0 Å². The first-order valence-corrected chi connectivity index (χ1v) is 5.11. The van der Waals surface area contributed by atoms with E-state index in [4.69, 9.17) is 10.00 Å². The molecular formula is C11H10FNO2S. The Morgan fingerprint density at radius 2 is 2.31 bits per heavy atom. The van der Waals surface area contributed by atoms with Gasteiger partial charge in [-0.25, -0.2) is 4.39 Å². The van der Waals surface area contributed by atoms with Crippen molar-refractivity contribution >= 4 is 18.6 Å². The fourth-order valence-electron chi connectivity index (χ4n) is 1.25. The summed E-state index contributed by atoms with van der Waals surface area (Å²) >= 11 is 3.94. The Morgan fingerprint density at radius 1 is 1.62 bits per heavy atom. The number of thiol groups is 1. The van der Waals surface area contributed by atoms with Crippen LogP contribution in [-0.2, 0) is 16.0 Å². The highest BCUT2D eigenvalue weighted by Gasteiger charge is 2.14. The van der Waals surface area contributed by atoms with E-state index < -0.39 is 11.8 Å². The SMILES string of the molecule is CCOC(=O)Cc1c(C#N)ccc(F)c1S. The van der Waals surface area contributed by atoms with Crippen LogP contribution < -0.4 is 0 Å². The molecule has 1 aromatic carbocycles. The monoisotopic (exact) mass is 239 g/mol. The Hall–Kier alpha value is -1.54. The maximum absolute atomic E-state index is 13.2. The van der Waals surface area contributed by atoms with Crippen LogP contribution in [0.1, 0.15) is 18.1 Å². The van der Waals surface area contributed by atoms with E-state index in [-0.39, 0.29) is 29.1 Å². The molecule has 0 atom stereocenters. The van der Waals surface area contributed by atoms with Gasteiger partial charge in [-0.1, -0.05) is 0 Å². The minimum absolute atomic E-state index is 0.0205. The van der Waals surface area contributed by atoms with Crippen LogP contribution in [0.5, 0.6) is 0 Å². The molecule has 1 aromatic rings. The Labute approximate surface area is 98.2 Å². The molecule has 0 saturated heterocycles. The van der Waals surface area contributed by atoms with Gasteiger partial charge in [-0.3, -0.25) is 4.79 Å². The predicted octanol–water partition coefficient (Wildman–Crippen LogP) is 2.09. The van der Waals surface area contributed by atoms with Gasteiger partial charge in [0, 0.05) is 4.90 Å². The lowest BCUT2D eigenvalue weighted by Gasteiger charge is -2.07. The van der Waals surface area contributed by atoms with Gasteiger partial charge >= 0.3 is 5.97 Å². The number of hydrogen-bond acceptors (Lipinski definition) is 4. The van der Waals surface area contributed by atoms with Crippen molar-refractivity contribution in [2.75, 3.05) is 6.61 Å². The number of esters is 1. The number of benzene rings is 1. The average Bonchev–Trinajstić information content (AvgIpc) is 2.25. The van der Waals surface area contributed by atoms with E-state index in [1.54, 1.807) is 6.92 Å². The normalized spacial score (nSPS) is 9.62. The summed E-state index contributed by atoms with van der Waals surface area (Å²) < 4.78 is 17.9. The summed E-state index contributed by atoms with van der Waals surface area (Å²) in [4.78, 5) is 11.3. The zero-order chi connectivity index (χ0) is 12.1. The van der Waals surface area contributed by atoms with Crippen molar-refractivity contribution in [3.63, 3.8) is 0 Å². The summed E-state index contributed by atoms with van der Waals surface area (Å²) in [6.45, 7) is 1.92. The molecule has 0 N–H and O–H groups in total. The maximum Gasteiger partial charge on any atom is 0.310 e. The molecule has 1 rings (SSSR count). The molecule has 0 aliphatic carbocycles. The molecule has 0 aliphatic rings. The van der Waals surface area contributed by atoms with Crippen molar-refractivity contribution in [1.29, 1.82) is 5.26 Å². The second kappa shape index (κ2) is 5.52. The molecule has 84 valence electrons. The molecule has 0 amide bonds. The zero-order valence-corrected chi connectivity index (χ0v) is 9.55. The molecule has 0 unspecified atom stereocenters. The third kappa shape index (κ3) is 2.74. The van der Waals surface area contributed by atoms with Crippen molar-refractivity contribution in [2.45, 2.75) is 18.2 Å². The summed E-state index contributed by atoms with van der Waals surface area (Å²) in [6.07, 6.45) is -0.146. The van der Waals surface area contributed by atoms with E-state index >= 15 is 0 Å². The maximum atomic E-state index is 13.2. The fraction of sp³-hybridized carbons (Fsp3) is 0.273. The van der Waals surface area contributed by atoms with Gasteiger partial charge < -0.3 is 4.74 Å². The van der Waals surface area contributed by atoms with Crippen LogP contribution in [0.15, 0.2) is 17.0 Å². The zero-order valence-electron chi connectivity index (χ0n) is 8.66. The molecule has 0 saturated carbocycles. The fourth-order valence-corrected chi connectivity index (χ4v) is 1.52. The number of carbonyl (C=O) groups is 1. The van der Waals surface area contributed by atoms with Crippen LogP contribution in [0.3, 0.4) is 0 Å². The van der Waals surface area contributed by atoms with Crippen LogP contribution in [0.2, 0.25) is 0 Å². The second-order valence-electron chi connectivity index (χ2n) is 3.02. The first-order chi connectivity index (χ1) is 7.60. The molecule has 0 aromatic heterocycles. The number of carbonyl (C=O) groups excluding carboxylic acids is 1. The van der Waals surface area contributed by atoms with Gasteiger partial charge in [-0.15, -0.1) is 12.6 Å². The van der Waals surface area contributed by atoms with E-state index in [0.29, 0.717) is 0 Å². The van der Waals surface area contributed by atoms with Crippen molar-refractivity contribution in [1.82, 2.24) is 0 Å². The molecule has 0 bridgehead atoms. The number of halogens is 1. The first-order valence-electron chi connectivity index (χ1n) is 4.66. The van der Waals surface area contributed by atoms with Gasteiger partial charge in [-0.05, 0) is 24.6 Å². The van der Waals surface area contributed by atoms with Crippen LogP contribution in [0.25, 0.3) is 0 Å². The lowest BCUT2D eigenvalue weighted by Crippen LogP contribution is -2.10. The first kappa shape index (κ1) is 12.5. The van der Waals surface area contributed by atoms with Gasteiger partial charge in [-0.2, -0.15) is 5.26 Å². The minimum Gasteiger partial charge on any atom is -0.466 e. The second-order valence-corrected chi connectivity index (χ2v) is 3.46. The van der Waals surface area contributed by atoms with Crippen molar-refractivity contribution in [3.05, 3.63) is 29.1 Å². The number of ether oxygens (including phenoxy) is 1. The molecule has 0 fully saturated rings. The molecule has 0 aliphatic heterocycles. The summed E-state index contributed by atoms with van der Waals surface area (Å²) in [7, 11) is 0. The summed E-state index contributed by atoms with van der Waals surface area (Å²) in [5, 5.41) is 8.82. The average molecular weight is 239 g/mol. The number of nitrogens with zero attached hydrogens (tertiary/aromatic N) is 1. The van der Waals surface area contributed by atoms with Crippen LogP contribution >= 0.6 is 12.6 Å². The molecular weight excluding hydrogens is 229 g/mol. The highest BCUT2D eigenvalue weighted by atomic mass is 32.1. The molecule has 16 heavy (non-hydrogen) atoms. The number of hydrogen-bond donors (Lipinski definition) is 1. The van der Waals surface area contributed by atoms with Crippen LogP contribution in [0, 0.1) is 17.1 Å². The molecule has 0 spiro atoms. The van der Waals surface area contributed by atoms with E-state index in [0.717, 1.165) is 6.07 Å². The molecule has 5 heteroatoms. The number of nitriles is 1. The van der Waals surface area contributed by atoms with Gasteiger partial charge in [0.25, 0.3) is 0 Å². The molecule has 3 nitrogen and oxygen atoms in total. The topological polar surface area (TPSA) is 50.1 Å². The predicted molar refractivity (Wildman–Crippen MR) is 58.7 cm³/mol. The molecule has 0 radical (unpaired) electrons.